The molecule has 0 fully saturated rings. The minimum atomic E-state index is -3.00. The second-order valence-electron chi connectivity index (χ2n) is 5.82. The molecule has 1 rings (SSSR count). The predicted molar refractivity (Wildman–Crippen MR) is 111 cm³/mol. The van der Waals surface area contributed by atoms with Gasteiger partial charge in [-0.3, -0.25) is 4.99 Å². The van der Waals surface area contributed by atoms with Crippen LogP contribution in [-0.2, 0) is 16.3 Å². The van der Waals surface area contributed by atoms with Crippen molar-refractivity contribution in [3.63, 3.8) is 0 Å². The Balaban J connectivity index is 2.63. The van der Waals surface area contributed by atoms with Crippen molar-refractivity contribution >= 4 is 15.8 Å². The van der Waals surface area contributed by atoms with Gasteiger partial charge in [0.2, 0.25) is 0 Å². The molecule has 0 heterocycles. The topological polar surface area (TPSA) is 89.0 Å². The van der Waals surface area contributed by atoms with Crippen LogP contribution in [0.25, 0.3) is 0 Å². The van der Waals surface area contributed by atoms with Gasteiger partial charge >= 0.3 is 0 Å². The van der Waals surface area contributed by atoms with Gasteiger partial charge in [0, 0.05) is 18.8 Å². The van der Waals surface area contributed by atoms with Crippen molar-refractivity contribution in [1.29, 1.82) is 0 Å². The van der Waals surface area contributed by atoms with E-state index in [9.17, 15) is 8.42 Å². The van der Waals surface area contributed by atoms with Gasteiger partial charge in [0.15, 0.2) is 27.3 Å². The summed E-state index contributed by atoms with van der Waals surface area (Å²) in [5, 5.41) is 6.37. The third kappa shape index (κ3) is 8.99. The number of nitrogens with one attached hydrogen (secondary N) is 2. The highest BCUT2D eigenvalue weighted by molar-refractivity contribution is 7.91. The predicted octanol–water partition coefficient (Wildman–Crippen LogP) is 2.02. The molecule has 0 aliphatic heterocycles. The van der Waals surface area contributed by atoms with Crippen molar-refractivity contribution < 1.29 is 17.9 Å². The third-order valence-electron chi connectivity index (χ3n) is 3.77. The van der Waals surface area contributed by atoms with E-state index in [0.717, 1.165) is 23.5 Å². The maximum absolute atomic E-state index is 11.6. The first-order valence-corrected chi connectivity index (χ1v) is 11.4. The minimum absolute atomic E-state index is 0.0662. The van der Waals surface area contributed by atoms with Crippen LogP contribution >= 0.6 is 0 Å². The quantitative estimate of drug-likeness (QED) is 0.413. The lowest BCUT2D eigenvalue weighted by Crippen LogP contribution is -2.38. The highest BCUT2D eigenvalue weighted by Crippen LogP contribution is 2.28. The summed E-state index contributed by atoms with van der Waals surface area (Å²) in [6.07, 6.45) is 0.782. The molecule has 0 spiro atoms. The zero-order valence-corrected chi connectivity index (χ0v) is 17.7. The second-order valence-corrected chi connectivity index (χ2v) is 8.29. The van der Waals surface area contributed by atoms with E-state index in [2.05, 4.69) is 15.6 Å². The Bertz CT molecular complexity index is 690. The molecule has 27 heavy (non-hydrogen) atoms. The van der Waals surface area contributed by atoms with Crippen molar-refractivity contribution in [1.82, 2.24) is 10.6 Å². The Morgan fingerprint density at radius 2 is 1.74 bits per heavy atom. The highest BCUT2D eigenvalue weighted by atomic mass is 32.2. The van der Waals surface area contributed by atoms with Crippen molar-refractivity contribution in [2.45, 2.75) is 34.1 Å². The van der Waals surface area contributed by atoms with E-state index in [4.69, 9.17) is 9.47 Å². The Morgan fingerprint density at radius 3 is 2.37 bits per heavy atom. The van der Waals surface area contributed by atoms with Crippen LogP contribution in [0.3, 0.4) is 0 Å². The molecule has 1 aromatic carbocycles. The Kier molecular flexibility index (Phi) is 10.6. The van der Waals surface area contributed by atoms with Crippen molar-refractivity contribution in [3.05, 3.63) is 23.8 Å². The van der Waals surface area contributed by atoms with Gasteiger partial charge < -0.3 is 20.1 Å². The van der Waals surface area contributed by atoms with E-state index in [1.54, 1.807) is 6.92 Å². The van der Waals surface area contributed by atoms with Gasteiger partial charge in [-0.25, -0.2) is 8.42 Å². The van der Waals surface area contributed by atoms with E-state index < -0.39 is 9.84 Å². The number of hydrogen-bond acceptors (Lipinski definition) is 5. The summed E-state index contributed by atoms with van der Waals surface area (Å²) >= 11 is 0. The standard InChI is InChI=1S/C19H33N3O4S/c1-5-20-19(22-13-14-27(23,24)8-4)21-12-11-16-9-10-17(25-6-2)18(15-16)26-7-3/h9-10,15H,5-8,11-14H2,1-4H3,(H2,20,21,22). The minimum Gasteiger partial charge on any atom is -0.490 e. The van der Waals surface area contributed by atoms with Crippen LogP contribution in [0.1, 0.15) is 33.3 Å². The highest BCUT2D eigenvalue weighted by Gasteiger charge is 2.08. The van der Waals surface area contributed by atoms with Crippen molar-refractivity contribution in [2.24, 2.45) is 4.99 Å². The molecule has 8 heteroatoms. The zero-order chi connectivity index (χ0) is 20.1. The average Bonchev–Trinajstić information content (AvgIpc) is 2.64. The molecule has 0 aromatic heterocycles. The van der Waals surface area contributed by atoms with Gasteiger partial charge in [-0.05, 0) is 44.9 Å². The van der Waals surface area contributed by atoms with Crippen LogP contribution in [0, 0.1) is 0 Å². The molecular formula is C19H33N3O4S. The van der Waals surface area contributed by atoms with Gasteiger partial charge in [-0.1, -0.05) is 13.0 Å². The molecule has 0 aliphatic rings. The SMILES string of the molecule is CCNC(=NCCS(=O)(=O)CC)NCCc1ccc(OCC)c(OCC)c1. The summed E-state index contributed by atoms with van der Waals surface area (Å²) in [6, 6.07) is 5.94. The number of rotatable bonds is 12. The maximum Gasteiger partial charge on any atom is 0.191 e. The summed E-state index contributed by atoms with van der Waals surface area (Å²) < 4.78 is 34.4. The number of benzene rings is 1. The summed E-state index contributed by atoms with van der Waals surface area (Å²) in [7, 11) is -3.00. The number of guanidine groups is 1. The van der Waals surface area contributed by atoms with Crippen molar-refractivity contribution in [2.75, 3.05) is 44.4 Å². The summed E-state index contributed by atoms with van der Waals surface area (Å²) in [5.41, 5.74) is 1.12. The van der Waals surface area contributed by atoms with E-state index in [-0.39, 0.29) is 18.1 Å². The fourth-order valence-corrected chi connectivity index (χ4v) is 3.02. The number of hydrogen-bond donors (Lipinski definition) is 2. The van der Waals surface area contributed by atoms with Crippen molar-refractivity contribution in [3.8, 4) is 11.5 Å². The molecule has 154 valence electrons. The number of ether oxygens (including phenoxy) is 2. The molecule has 0 bridgehead atoms. The Labute approximate surface area is 163 Å². The first-order valence-electron chi connectivity index (χ1n) is 9.56. The number of nitrogens with zero attached hydrogens (tertiary/aromatic N) is 1. The van der Waals surface area contributed by atoms with E-state index >= 15 is 0 Å². The molecule has 7 nitrogen and oxygen atoms in total. The molecule has 0 amide bonds. The summed E-state index contributed by atoms with van der Waals surface area (Å²) in [4.78, 5) is 4.33. The van der Waals surface area contributed by atoms with Crippen LogP contribution in [0.2, 0.25) is 0 Å². The summed E-state index contributed by atoms with van der Waals surface area (Å²) in [6.45, 7) is 10.3. The van der Waals surface area contributed by atoms with Gasteiger partial charge in [-0.15, -0.1) is 0 Å². The zero-order valence-electron chi connectivity index (χ0n) is 16.9. The molecular weight excluding hydrogens is 366 g/mol. The first-order chi connectivity index (χ1) is 13.0. The molecule has 0 atom stereocenters. The van der Waals surface area contributed by atoms with Gasteiger partial charge in [0.25, 0.3) is 0 Å². The molecule has 1 aromatic rings. The molecule has 0 saturated carbocycles. The van der Waals surface area contributed by atoms with E-state index in [1.165, 1.54) is 0 Å². The molecule has 0 aliphatic carbocycles. The van der Waals surface area contributed by atoms with Gasteiger partial charge in [0.05, 0.1) is 25.5 Å². The van der Waals surface area contributed by atoms with Crippen LogP contribution in [0.4, 0.5) is 0 Å². The fourth-order valence-electron chi connectivity index (χ4n) is 2.36. The average molecular weight is 400 g/mol. The van der Waals surface area contributed by atoms with Gasteiger partial charge in [-0.2, -0.15) is 0 Å². The lowest BCUT2D eigenvalue weighted by molar-refractivity contribution is 0.287. The molecule has 0 unspecified atom stereocenters. The maximum atomic E-state index is 11.6. The third-order valence-corrected chi connectivity index (χ3v) is 5.45. The van der Waals surface area contributed by atoms with Crippen LogP contribution in [0.5, 0.6) is 11.5 Å². The van der Waals surface area contributed by atoms with E-state index in [1.807, 2.05) is 39.0 Å². The number of aliphatic imine (C=N–C) groups is 1. The lowest BCUT2D eigenvalue weighted by atomic mass is 10.1. The van der Waals surface area contributed by atoms with Crippen LogP contribution in [-0.4, -0.2) is 58.7 Å². The smallest absolute Gasteiger partial charge is 0.191 e. The lowest BCUT2D eigenvalue weighted by Gasteiger charge is -2.14. The number of sulfone groups is 1. The normalized spacial score (nSPS) is 11.9. The largest absolute Gasteiger partial charge is 0.490 e. The van der Waals surface area contributed by atoms with Crippen LogP contribution in [0.15, 0.2) is 23.2 Å². The van der Waals surface area contributed by atoms with Crippen LogP contribution < -0.4 is 20.1 Å². The summed E-state index contributed by atoms with van der Waals surface area (Å²) in [5.74, 6) is 2.34. The second kappa shape index (κ2) is 12.4. The molecule has 2 N–H and O–H groups in total. The fraction of sp³-hybridized carbons (Fsp3) is 0.632. The van der Waals surface area contributed by atoms with Gasteiger partial charge in [0.1, 0.15) is 0 Å². The Hall–Kier alpha value is -1.96. The first kappa shape index (κ1) is 23.1. The molecule has 0 radical (unpaired) electrons. The van der Waals surface area contributed by atoms with E-state index in [0.29, 0.717) is 32.3 Å². The Morgan fingerprint density at radius 1 is 1.04 bits per heavy atom. The monoisotopic (exact) mass is 399 g/mol. The molecule has 0 saturated heterocycles.